The van der Waals surface area contributed by atoms with Crippen molar-refractivity contribution in [2.45, 2.75) is 19.9 Å². The van der Waals surface area contributed by atoms with Gasteiger partial charge in [0.15, 0.2) is 5.96 Å². The summed E-state index contributed by atoms with van der Waals surface area (Å²) in [5, 5.41) is 9.55. The van der Waals surface area contributed by atoms with Crippen molar-refractivity contribution < 1.29 is 0 Å². The Balaban J connectivity index is 0.00000256. The molecule has 0 aliphatic carbocycles. The van der Waals surface area contributed by atoms with Crippen LogP contribution < -0.4 is 10.6 Å². The minimum atomic E-state index is 0. The first-order valence-corrected chi connectivity index (χ1v) is 6.16. The highest BCUT2D eigenvalue weighted by Gasteiger charge is 2.01. The summed E-state index contributed by atoms with van der Waals surface area (Å²) in [5.41, 5.74) is 1.06. The number of aliphatic imine (C=N–C) groups is 1. The van der Waals surface area contributed by atoms with Crippen molar-refractivity contribution >= 4 is 41.3 Å². The summed E-state index contributed by atoms with van der Waals surface area (Å²) in [5.74, 6) is 0.769. The highest BCUT2D eigenvalue weighted by molar-refractivity contribution is 14.0. The summed E-state index contributed by atoms with van der Waals surface area (Å²) in [4.78, 5) is 8.56. The van der Waals surface area contributed by atoms with Gasteiger partial charge in [-0.25, -0.2) is 4.98 Å². The molecule has 0 spiro atoms. The van der Waals surface area contributed by atoms with E-state index in [0.717, 1.165) is 18.1 Å². The number of thiazole rings is 1. The number of aryl methyl sites for hydroxylation is 1. The number of halogens is 1. The standard InChI is InChI=1S/C11H18N4S.HI/c1-4-6-13-11(12-3)14-7-9-8-16-10(5-2)15-9;/h4,8H,1,5-7H2,2-3H3,(H2,12,13,14);1H. The second-order valence-electron chi connectivity index (χ2n) is 3.18. The van der Waals surface area contributed by atoms with Crippen molar-refractivity contribution in [2.24, 2.45) is 4.99 Å². The molecule has 0 aliphatic heterocycles. The third-order valence-electron chi connectivity index (χ3n) is 1.98. The van der Waals surface area contributed by atoms with E-state index in [1.807, 2.05) is 0 Å². The number of guanidine groups is 1. The molecule has 0 unspecified atom stereocenters. The fraction of sp³-hybridized carbons (Fsp3) is 0.455. The van der Waals surface area contributed by atoms with Gasteiger partial charge < -0.3 is 10.6 Å². The molecular weight excluding hydrogens is 347 g/mol. The highest BCUT2D eigenvalue weighted by Crippen LogP contribution is 2.09. The maximum absolute atomic E-state index is 4.47. The number of rotatable bonds is 5. The number of nitrogens with zero attached hydrogens (tertiary/aromatic N) is 2. The first-order chi connectivity index (χ1) is 7.80. The molecule has 0 amide bonds. The van der Waals surface area contributed by atoms with Gasteiger partial charge in [-0.05, 0) is 6.42 Å². The van der Waals surface area contributed by atoms with Crippen LogP contribution in [0.3, 0.4) is 0 Å². The summed E-state index contributed by atoms with van der Waals surface area (Å²) in [6.07, 6.45) is 2.79. The zero-order valence-electron chi connectivity index (χ0n) is 10.2. The van der Waals surface area contributed by atoms with Gasteiger partial charge in [-0.1, -0.05) is 13.0 Å². The predicted octanol–water partition coefficient (Wildman–Crippen LogP) is 2.17. The first-order valence-electron chi connectivity index (χ1n) is 5.28. The van der Waals surface area contributed by atoms with Crippen LogP contribution in [0.15, 0.2) is 23.0 Å². The monoisotopic (exact) mass is 366 g/mol. The van der Waals surface area contributed by atoms with Crippen LogP contribution in [0.1, 0.15) is 17.6 Å². The molecule has 1 rings (SSSR count). The molecule has 1 aromatic rings. The average Bonchev–Trinajstić information content (AvgIpc) is 2.77. The Bertz CT molecular complexity index is 362. The van der Waals surface area contributed by atoms with E-state index in [4.69, 9.17) is 0 Å². The van der Waals surface area contributed by atoms with Crippen molar-refractivity contribution in [3.8, 4) is 0 Å². The largest absolute Gasteiger partial charge is 0.353 e. The molecule has 0 radical (unpaired) electrons. The van der Waals surface area contributed by atoms with E-state index in [-0.39, 0.29) is 24.0 Å². The molecule has 6 heteroatoms. The summed E-state index contributed by atoms with van der Waals surface area (Å²) >= 11 is 1.70. The van der Waals surface area contributed by atoms with Gasteiger partial charge in [0.25, 0.3) is 0 Å². The van der Waals surface area contributed by atoms with Crippen molar-refractivity contribution in [3.05, 3.63) is 28.7 Å². The predicted molar refractivity (Wildman–Crippen MR) is 85.3 cm³/mol. The fourth-order valence-corrected chi connectivity index (χ4v) is 1.90. The van der Waals surface area contributed by atoms with Crippen LogP contribution in [0.4, 0.5) is 0 Å². The minimum Gasteiger partial charge on any atom is -0.353 e. The molecule has 0 atom stereocenters. The van der Waals surface area contributed by atoms with Crippen LogP contribution in [0.25, 0.3) is 0 Å². The lowest BCUT2D eigenvalue weighted by atomic mass is 10.4. The van der Waals surface area contributed by atoms with Gasteiger partial charge >= 0.3 is 0 Å². The number of hydrogen-bond acceptors (Lipinski definition) is 3. The van der Waals surface area contributed by atoms with E-state index in [1.165, 1.54) is 5.01 Å². The summed E-state index contributed by atoms with van der Waals surface area (Å²) in [6, 6.07) is 0. The number of aromatic nitrogens is 1. The van der Waals surface area contributed by atoms with Gasteiger partial charge in [-0.15, -0.1) is 41.9 Å². The molecule has 17 heavy (non-hydrogen) atoms. The van der Waals surface area contributed by atoms with Crippen LogP contribution in [-0.4, -0.2) is 24.5 Å². The Labute approximate surface area is 124 Å². The Morgan fingerprint density at radius 1 is 1.59 bits per heavy atom. The Morgan fingerprint density at radius 3 is 2.88 bits per heavy atom. The van der Waals surface area contributed by atoms with Crippen molar-refractivity contribution in [1.29, 1.82) is 0 Å². The van der Waals surface area contributed by atoms with Gasteiger partial charge in [-0.3, -0.25) is 4.99 Å². The molecule has 0 fully saturated rings. The second kappa shape index (κ2) is 9.41. The molecule has 1 heterocycles. The topological polar surface area (TPSA) is 49.3 Å². The van der Waals surface area contributed by atoms with E-state index in [2.05, 4.69) is 39.5 Å². The Morgan fingerprint density at radius 2 is 2.35 bits per heavy atom. The number of hydrogen-bond donors (Lipinski definition) is 2. The normalized spacial score (nSPS) is 10.6. The van der Waals surface area contributed by atoms with E-state index in [0.29, 0.717) is 13.1 Å². The first kappa shape index (κ1) is 16.4. The van der Waals surface area contributed by atoms with Crippen LogP contribution in [-0.2, 0) is 13.0 Å². The van der Waals surface area contributed by atoms with Gasteiger partial charge in [0.1, 0.15) is 0 Å². The van der Waals surface area contributed by atoms with Crippen LogP contribution in [0.5, 0.6) is 0 Å². The summed E-state index contributed by atoms with van der Waals surface area (Å²) in [6.45, 7) is 7.16. The molecule has 4 nitrogen and oxygen atoms in total. The van der Waals surface area contributed by atoms with Crippen LogP contribution >= 0.6 is 35.3 Å². The van der Waals surface area contributed by atoms with E-state index < -0.39 is 0 Å². The molecular formula is C11H19IN4S. The highest BCUT2D eigenvalue weighted by atomic mass is 127. The maximum atomic E-state index is 4.47. The van der Waals surface area contributed by atoms with Crippen molar-refractivity contribution in [3.63, 3.8) is 0 Å². The van der Waals surface area contributed by atoms with Crippen LogP contribution in [0.2, 0.25) is 0 Å². The third-order valence-corrected chi connectivity index (χ3v) is 3.02. The second-order valence-corrected chi connectivity index (χ2v) is 4.12. The quantitative estimate of drug-likeness (QED) is 0.364. The van der Waals surface area contributed by atoms with Gasteiger partial charge in [0.2, 0.25) is 0 Å². The summed E-state index contributed by atoms with van der Waals surface area (Å²) in [7, 11) is 1.75. The fourth-order valence-electron chi connectivity index (χ4n) is 1.16. The molecule has 0 bridgehead atoms. The van der Waals surface area contributed by atoms with E-state index in [9.17, 15) is 0 Å². The molecule has 0 saturated carbocycles. The van der Waals surface area contributed by atoms with Crippen molar-refractivity contribution in [2.75, 3.05) is 13.6 Å². The molecule has 0 saturated heterocycles. The molecule has 1 aromatic heterocycles. The number of nitrogens with one attached hydrogen (secondary N) is 2. The lowest BCUT2D eigenvalue weighted by molar-refractivity contribution is 0.824. The SMILES string of the molecule is C=CCNC(=NC)NCc1csc(CC)n1.I. The summed E-state index contributed by atoms with van der Waals surface area (Å²) < 4.78 is 0. The van der Waals surface area contributed by atoms with Gasteiger partial charge in [0, 0.05) is 19.0 Å². The molecule has 96 valence electrons. The zero-order chi connectivity index (χ0) is 11.8. The molecule has 0 aliphatic rings. The van der Waals surface area contributed by atoms with Crippen molar-refractivity contribution in [1.82, 2.24) is 15.6 Å². The average molecular weight is 366 g/mol. The van der Waals surface area contributed by atoms with Crippen LogP contribution in [0, 0.1) is 0 Å². The smallest absolute Gasteiger partial charge is 0.191 e. The zero-order valence-corrected chi connectivity index (χ0v) is 13.3. The lowest BCUT2D eigenvalue weighted by Gasteiger charge is -2.08. The third kappa shape index (κ3) is 6.02. The molecule has 2 N–H and O–H groups in total. The minimum absolute atomic E-state index is 0. The maximum Gasteiger partial charge on any atom is 0.191 e. The molecule has 0 aromatic carbocycles. The van der Waals surface area contributed by atoms with E-state index >= 15 is 0 Å². The van der Waals surface area contributed by atoms with E-state index in [1.54, 1.807) is 24.5 Å². The Hall–Kier alpha value is -0.630. The van der Waals surface area contributed by atoms with Gasteiger partial charge in [-0.2, -0.15) is 0 Å². The lowest BCUT2D eigenvalue weighted by Crippen LogP contribution is -2.36. The van der Waals surface area contributed by atoms with Gasteiger partial charge in [0.05, 0.1) is 17.2 Å². The Kier molecular flexibility index (Phi) is 9.06.